The predicted octanol–water partition coefficient (Wildman–Crippen LogP) is 5.21. The minimum absolute atomic E-state index is 0.0373. The summed E-state index contributed by atoms with van der Waals surface area (Å²) in [4.78, 5) is 12.2. The summed E-state index contributed by atoms with van der Waals surface area (Å²) in [6, 6.07) is 0. The minimum atomic E-state index is -2.38. The number of Topliss-reactive ketones (excluding diaryl/α,β-unsaturated/α-hetero) is 1. The Kier molecular flexibility index (Phi) is 19.1. The van der Waals surface area contributed by atoms with E-state index in [0.717, 1.165) is 12.8 Å². The van der Waals surface area contributed by atoms with Crippen LogP contribution in [-0.4, -0.2) is 45.7 Å². The molecule has 3 atom stereocenters. The lowest BCUT2D eigenvalue weighted by Crippen LogP contribution is -2.46. The van der Waals surface area contributed by atoms with Gasteiger partial charge in [0.15, 0.2) is 11.4 Å². The van der Waals surface area contributed by atoms with E-state index in [9.17, 15) is 19.6 Å². The van der Waals surface area contributed by atoms with Crippen LogP contribution in [0.1, 0.15) is 117 Å². The Hall–Kier alpha value is -0.390. The summed E-state index contributed by atoms with van der Waals surface area (Å²) in [7, 11) is -2.38. The van der Waals surface area contributed by atoms with Gasteiger partial charge in [0.05, 0.1) is 13.2 Å². The Balaban J connectivity index is 3.63. The smallest absolute Gasteiger partial charge is 0.395 e. The predicted molar refractivity (Wildman–Crippen MR) is 124 cm³/mol. The van der Waals surface area contributed by atoms with Gasteiger partial charge in [0, 0.05) is 6.42 Å². The van der Waals surface area contributed by atoms with Crippen LogP contribution in [-0.2, 0) is 9.36 Å². The number of aliphatic hydroxyl groups is 3. The van der Waals surface area contributed by atoms with Crippen LogP contribution >= 0.6 is 7.95 Å². The van der Waals surface area contributed by atoms with Gasteiger partial charge in [0.1, 0.15) is 0 Å². The Morgan fingerprint density at radius 3 is 1.67 bits per heavy atom. The molecule has 0 aromatic heterocycles. The van der Waals surface area contributed by atoms with Crippen molar-refractivity contribution in [3.05, 3.63) is 0 Å². The number of nitrogens with one attached hydrogen (secondary N) is 1. The Morgan fingerprint density at radius 2 is 1.27 bits per heavy atom. The fraction of sp³-hybridized carbons (Fsp3) is 0.957. The molecule has 178 valence electrons. The first-order valence-electron chi connectivity index (χ1n) is 12.1. The zero-order valence-corrected chi connectivity index (χ0v) is 20.3. The molecule has 0 spiro atoms. The molecule has 0 aliphatic rings. The van der Waals surface area contributed by atoms with Crippen LogP contribution in [0.4, 0.5) is 0 Å². The van der Waals surface area contributed by atoms with Crippen molar-refractivity contribution in [1.29, 1.82) is 0 Å². The summed E-state index contributed by atoms with van der Waals surface area (Å²) in [6.45, 7) is 3.26. The van der Waals surface area contributed by atoms with Crippen LogP contribution in [0.3, 0.4) is 0 Å². The van der Waals surface area contributed by atoms with Crippen molar-refractivity contribution in [2.75, 3.05) is 13.2 Å². The highest BCUT2D eigenvalue weighted by atomic mass is 31.1. The van der Waals surface area contributed by atoms with E-state index in [2.05, 4.69) is 12.0 Å². The Bertz CT molecular complexity index is 445. The SMILES string of the molecule is CCCCCCCCCCCCCCCCCC(=O)C(C)(O)C(O)[P+](=O)NCCO. The molecule has 7 heteroatoms. The molecule has 4 N–H and O–H groups in total. The topological polar surface area (TPSA) is 107 Å². The maximum absolute atomic E-state index is 12.2. The van der Waals surface area contributed by atoms with E-state index in [-0.39, 0.29) is 19.6 Å². The molecule has 30 heavy (non-hydrogen) atoms. The van der Waals surface area contributed by atoms with E-state index >= 15 is 0 Å². The number of unbranched alkanes of at least 4 members (excludes halogenated alkanes) is 14. The summed E-state index contributed by atoms with van der Waals surface area (Å²) < 4.78 is 11.8. The molecule has 0 rings (SSSR count). The lowest BCUT2D eigenvalue weighted by molar-refractivity contribution is -0.142. The normalized spacial score (nSPS) is 15.0. The maximum Gasteiger partial charge on any atom is 0.467 e. The standard InChI is InChI=1S/C23H47NO5P/c1-3-4-5-6-7-8-9-10-11-12-13-14-15-16-17-18-21(26)23(2,28)22(27)30(29)24-19-20-25/h22,25,27-28H,3-20H2,1-2H3,(H,24,29)/q+1. The molecule has 0 fully saturated rings. The first-order chi connectivity index (χ1) is 14.4. The molecule has 0 aromatic carbocycles. The molecule has 0 radical (unpaired) electrons. The van der Waals surface area contributed by atoms with E-state index in [1.807, 2.05) is 0 Å². The van der Waals surface area contributed by atoms with Gasteiger partial charge in [-0.3, -0.25) is 4.79 Å². The van der Waals surface area contributed by atoms with E-state index < -0.39 is 25.2 Å². The number of rotatable bonds is 22. The highest BCUT2D eigenvalue weighted by Gasteiger charge is 2.49. The van der Waals surface area contributed by atoms with Crippen LogP contribution in [0.2, 0.25) is 0 Å². The lowest BCUT2D eigenvalue weighted by Gasteiger charge is -2.20. The van der Waals surface area contributed by atoms with Gasteiger partial charge in [-0.15, -0.1) is 5.09 Å². The second-order valence-corrected chi connectivity index (χ2v) is 10.1. The molecule has 0 saturated heterocycles. The monoisotopic (exact) mass is 448 g/mol. The van der Waals surface area contributed by atoms with E-state index in [0.29, 0.717) is 6.42 Å². The van der Waals surface area contributed by atoms with E-state index in [4.69, 9.17) is 5.11 Å². The molecule has 6 nitrogen and oxygen atoms in total. The fourth-order valence-electron chi connectivity index (χ4n) is 3.53. The lowest BCUT2D eigenvalue weighted by atomic mass is 9.96. The highest BCUT2D eigenvalue weighted by Crippen LogP contribution is 2.31. The van der Waals surface area contributed by atoms with Crippen molar-refractivity contribution in [3.63, 3.8) is 0 Å². The molecule has 0 heterocycles. The van der Waals surface area contributed by atoms with Crippen molar-refractivity contribution in [2.45, 2.75) is 128 Å². The summed E-state index contributed by atoms with van der Waals surface area (Å²) in [6.07, 6.45) is 18.8. The third-order valence-corrected chi connectivity index (χ3v) is 7.16. The van der Waals surface area contributed by atoms with Gasteiger partial charge < -0.3 is 15.3 Å². The van der Waals surface area contributed by atoms with Crippen LogP contribution in [0.15, 0.2) is 0 Å². The number of hydrogen-bond donors (Lipinski definition) is 4. The molecule has 0 saturated carbocycles. The van der Waals surface area contributed by atoms with Crippen LogP contribution < -0.4 is 5.09 Å². The number of carbonyl (C=O) groups is 1. The van der Waals surface area contributed by atoms with Crippen LogP contribution in [0, 0.1) is 0 Å². The molecular formula is C23H47NO5P+. The Labute approximate surface area is 185 Å². The largest absolute Gasteiger partial charge is 0.467 e. The van der Waals surface area contributed by atoms with E-state index in [1.165, 1.54) is 84.0 Å². The third kappa shape index (κ3) is 14.6. The average Bonchev–Trinajstić information content (AvgIpc) is 2.73. The quantitative estimate of drug-likeness (QED) is 0.134. The van der Waals surface area contributed by atoms with Gasteiger partial charge in [-0.05, 0) is 17.9 Å². The molecular weight excluding hydrogens is 401 g/mol. The third-order valence-electron chi connectivity index (χ3n) is 5.68. The van der Waals surface area contributed by atoms with Gasteiger partial charge in [0.2, 0.25) is 0 Å². The van der Waals surface area contributed by atoms with Gasteiger partial charge >= 0.3 is 13.8 Å². The molecule has 0 amide bonds. The van der Waals surface area contributed by atoms with Crippen molar-refractivity contribution < 1.29 is 24.7 Å². The fourth-order valence-corrected chi connectivity index (χ4v) is 4.62. The second kappa shape index (κ2) is 19.3. The van der Waals surface area contributed by atoms with Gasteiger partial charge in [-0.2, -0.15) is 0 Å². The number of carbonyl (C=O) groups excluding carboxylic acids is 1. The summed E-state index contributed by atoms with van der Waals surface area (Å²) in [5, 5.41) is 31.3. The van der Waals surface area contributed by atoms with Crippen molar-refractivity contribution in [1.82, 2.24) is 5.09 Å². The molecule has 0 bridgehead atoms. The Morgan fingerprint density at radius 1 is 0.867 bits per heavy atom. The summed E-state index contributed by atoms with van der Waals surface area (Å²) >= 11 is 0. The highest BCUT2D eigenvalue weighted by molar-refractivity contribution is 7.43. The number of aliphatic hydroxyl groups excluding tert-OH is 2. The zero-order valence-electron chi connectivity index (χ0n) is 19.4. The number of ketones is 1. The van der Waals surface area contributed by atoms with Crippen molar-refractivity contribution in [3.8, 4) is 0 Å². The molecule has 0 aliphatic heterocycles. The minimum Gasteiger partial charge on any atom is -0.395 e. The molecule has 0 aliphatic carbocycles. The van der Waals surface area contributed by atoms with Gasteiger partial charge in [-0.25, -0.2) is 0 Å². The second-order valence-electron chi connectivity index (χ2n) is 8.60. The first-order valence-corrected chi connectivity index (χ1v) is 13.4. The average molecular weight is 449 g/mol. The van der Waals surface area contributed by atoms with E-state index in [1.54, 1.807) is 0 Å². The van der Waals surface area contributed by atoms with Crippen molar-refractivity contribution >= 4 is 13.7 Å². The van der Waals surface area contributed by atoms with Crippen LogP contribution in [0.25, 0.3) is 0 Å². The first kappa shape index (κ1) is 29.6. The van der Waals surface area contributed by atoms with Crippen LogP contribution in [0.5, 0.6) is 0 Å². The van der Waals surface area contributed by atoms with Gasteiger partial charge in [0.25, 0.3) is 0 Å². The van der Waals surface area contributed by atoms with Crippen molar-refractivity contribution in [2.24, 2.45) is 0 Å². The summed E-state index contributed by atoms with van der Waals surface area (Å²) in [5.41, 5.74) is -2.04. The maximum atomic E-state index is 12.2. The number of hydrogen-bond acceptors (Lipinski definition) is 5. The zero-order chi connectivity index (χ0) is 22.7. The van der Waals surface area contributed by atoms with Gasteiger partial charge in [-0.1, -0.05) is 96.8 Å². The summed E-state index contributed by atoms with van der Waals surface area (Å²) in [5.74, 6) is -2.17. The molecule has 3 unspecified atom stereocenters. The molecule has 0 aromatic rings.